The molecule has 0 fully saturated rings. The Kier molecular flexibility index (Phi) is 2.44. The Hall–Kier alpha value is -1.09. The lowest BCUT2D eigenvalue weighted by Crippen LogP contribution is -1.97. The molecule has 3 nitrogen and oxygen atoms in total. The van der Waals surface area contributed by atoms with Gasteiger partial charge < -0.3 is 9.52 Å². The SMILES string of the molecule is [CH2]C(=O)c1ccoc1CCO. The van der Waals surface area contributed by atoms with Crippen molar-refractivity contribution in [2.45, 2.75) is 6.42 Å². The molecule has 0 saturated heterocycles. The molecule has 3 heteroatoms. The lowest BCUT2D eigenvalue weighted by atomic mass is 10.1. The van der Waals surface area contributed by atoms with Gasteiger partial charge in [-0.25, -0.2) is 0 Å². The quantitative estimate of drug-likeness (QED) is 0.654. The molecule has 0 aliphatic rings. The van der Waals surface area contributed by atoms with Gasteiger partial charge in [0.2, 0.25) is 0 Å². The molecule has 0 aromatic carbocycles. The van der Waals surface area contributed by atoms with Crippen molar-refractivity contribution in [3.05, 3.63) is 30.6 Å². The molecule has 0 aliphatic carbocycles. The molecule has 0 saturated carbocycles. The minimum atomic E-state index is -0.276. The number of hydrogen-bond donors (Lipinski definition) is 1. The Labute approximate surface area is 64.6 Å². The normalized spacial score (nSPS) is 10.0. The smallest absolute Gasteiger partial charge is 0.166 e. The molecule has 1 heterocycles. The lowest BCUT2D eigenvalue weighted by Gasteiger charge is -1.94. The summed E-state index contributed by atoms with van der Waals surface area (Å²) < 4.78 is 4.95. The van der Waals surface area contributed by atoms with Crippen LogP contribution in [-0.4, -0.2) is 17.5 Å². The van der Waals surface area contributed by atoms with E-state index < -0.39 is 0 Å². The van der Waals surface area contributed by atoms with Crippen LogP contribution < -0.4 is 0 Å². The number of aliphatic hydroxyl groups excluding tert-OH is 1. The van der Waals surface area contributed by atoms with Crippen molar-refractivity contribution in [2.75, 3.05) is 6.61 Å². The summed E-state index contributed by atoms with van der Waals surface area (Å²) >= 11 is 0. The van der Waals surface area contributed by atoms with Gasteiger partial charge >= 0.3 is 0 Å². The van der Waals surface area contributed by atoms with E-state index in [1.807, 2.05) is 0 Å². The number of aliphatic hydroxyl groups is 1. The molecular formula is C8H9O3. The fourth-order valence-electron chi connectivity index (χ4n) is 0.884. The topological polar surface area (TPSA) is 50.4 Å². The number of ketones is 1. The Bertz CT molecular complexity index is 250. The van der Waals surface area contributed by atoms with Crippen LogP contribution in [0.1, 0.15) is 16.1 Å². The molecule has 1 N–H and O–H groups in total. The van der Waals surface area contributed by atoms with Gasteiger partial charge in [0.1, 0.15) is 5.76 Å². The van der Waals surface area contributed by atoms with Crippen LogP contribution in [0, 0.1) is 6.92 Å². The summed E-state index contributed by atoms with van der Waals surface area (Å²) in [4.78, 5) is 10.7. The van der Waals surface area contributed by atoms with Crippen LogP contribution in [0.5, 0.6) is 0 Å². The van der Waals surface area contributed by atoms with Gasteiger partial charge in [-0.15, -0.1) is 0 Å². The molecule has 0 spiro atoms. The molecule has 1 rings (SSSR count). The van der Waals surface area contributed by atoms with E-state index in [1.54, 1.807) is 6.07 Å². The van der Waals surface area contributed by atoms with Crippen LogP contribution in [0.2, 0.25) is 0 Å². The molecule has 59 valence electrons. The van der Waals surface area contributed by atoms with Gasteiger partial charge in [-0.2, -0.15) is 0 Å². The van der Waals surface area contributed by atoms with Crippen molar-refractivity contribution in [1.82, 2.24) is 0 Å². The summed E-state index contributed by atoms with van der Waals surface area (Å²) in [6.07, 6.45) is 1.78. The second-order valence-electron chi connectivity index (χ2n) is 2.15. The Morgan fingerprint density at radius 3 is 3.00 bits per heavy atom. The third kappa shape index (κ3) is 1.68. The second-order valence-corrected chi connectivity index (χ2v) is 2.15. The van der Waals surface area contributed by atoms with Crippen LogP contribution in [0.4, 0.5) is 0 Å². The van der Waals surface area contributed by atoms with Crippen LogP contribution in [0.15, 0.2) is 16.7 Å². The highest BCUT2D eigenvalue weighted by Gasteiger charge is 2.08. The van der Waals surface area contributed by atoms with E-state index >= 15 is 0 Å². The minimum absolute atomic E-state index is 0.0200. The van der Waals surface area contributed by atoms with Gasteiger partial charge in [-0.3, -0.25) is 4.79 Å². The third-order valence-corrected chi connectivity index (χ3v) is 1.38. The maximum Gasteiger partial charge on any atom is 0.166 e. The predicted molar refractivity (Wildman–Crippen MR) is 39.2 cm³/mol. The van der Waals surface area contributed by atoms with Crippen molar-refractivity contribution >= 4 is 5.78 Å². The highest BCUT2D eigenvalue weighted by Crippen LogP contribution is 2.10. The zero-order valence-corrected chi connectivity index (χ0v) is 6.04. The van der Waals surface area contributed by atoms with Crippen LogP contribution >= 0.6 is 0 Å². The van der Waals surface area contributed by atoms with Crippen molar-refractivity contribution in [3.8, 4) is 0 Å². The van der Waals surface area contributed by atoms with E-state index in [9.17, 15) is 4.79 Å². The summed E-state index contributed by atoms with van der Waals surface area (Å²) in [6.45, 7) is 3.22. The van der Waals surface area contributed by atoms with Crippen LogP contribution in [0.25, 0.3) is 0 Å². The minimum Gasteiger partial charge on any atom is -0.468 e. The average molecular weight is 153 g/mol. The summed E-state index contributed by atoms with van der Waals surface area (Å²) in [6, 6.07) is 1.56. The Morgan fingerprint density at radius 1 is 1.73 bits per heavy atom. The van der Waals surface area contributed by atoms with E-state index in [-0.39, 0.29) is 12.4 Å². The lowest BCUT2D eigenvalue weighted by molar-refractivity contribution is 0.104. The van der Waals surface area contributed by atoms with E-state index in [1.165, 1.54) is 6.26 Å². The monoisotopic (exact) mass is 153 g/mol. The summed E-state index contributed by atoms with van der Waals surface area (Å²) in [5, 5.41) is 8.55. The van der Waals surface area contributed by atoms with Crippen molar-refractivity contribution in [3.63, 3.8) is 0 Å². The molecular weight excluding hydrogens is 144 g/mol. The number of carbonyl (C=O) groups excluding carboxylic acids is 1. The van der Waals surface area contributed by atoms with Gasteiger partial charge in [-0.05, 0) is 6.07 Å². The number of rotatable bonds is 3. The first-order valence-electron chi connectivity index (χ1n) is 3.29. The van der Waals surface area contributed by atoms with E-state index in [4.69, 9.17) is 9.52 Å². The first kappa shape index (κ1) is 8.01. The number of furan rings is 1. The molecule has 1 radical (unpaired) electrons. The van der Waals surface area contributed by atoms with Gasteiger partial charge in [0.15, 0.2) is 5.78 Å². The molecule has 0 bridgehead atoms. The fourth-order valence-corrected chi connectivity index (χ4v) is 0.884. The van der Waals surface area contributed by atoms with Crippen LogP contribution in [-0.2, 0) is 6.42 Å². The largest absolute Gasteiger partial charge is 0.468 e. The summed E-state index contributed by atoms with van der Waals surface area (Å²) in [5.74, 6) is 0.231. The second kappa shape index (κ2) is 3.34. The van der Waals surface area contributed by atoms with Gasteiger partial charge in [0, 0.05) is 13.3 Å². The predicted octanol–water partition coefficient (Wildman–Crippen LogP) is 0.831. The van der Waals surface area contributed by atoms with E-state index in [2.05, 4.69) is 6.92 Å². The van der Waals surface area contributed by atoms with E-state index in [0.29, 0.717) is 17.7 Å². The molecule has 0 atom stereocenters. The zero-order chi connectivity index (χ0) is 8.27. The molecule has 1 aromatic rings. The molecule has 0 amide bonds. The van der Waals surface area contributed by atoms with E-state index in [0.717, 1.165) is 0 Å². The van der Waals surface area contributed by atoms with Crippen molar-refractivity contribution in [1.29, 1.82) is 0 Å². The molecule has 1 aromatic heterocycles. The molecule has 0 unspecified atom stereocenters. The molecule has 0 aliphatic heterocycles. The third-order valence-electron chi connectivity index (χ3n) is 1.38. The maximum absolute atomic E-state index is 10.7. The van der Waals surface area contributed by atoms with Crippen LogP contribution in [0.3, 0.4) is 0 Å². The van der Waals surface area contributed by atoms with Gasteiger partial charge in [-0.1, -0.05) is 0 Å². The highest BCUT2D eigenvalue weighted by molar-refractivity contribution is 6.00. The summed E-state index contributed by atoms with van der Waals surface area (Å²) in [5.41, 5.74) is 0.457. The molecule has 11 heavy (non-hydrogen) atoms. The fraction of sp³-hybridized carbons (Fsp3) is 0.250. The maximum atomic E-state index is 10.7. The van der Waals surface area contributed by atoms with Gasteiger partial charge in [0.25, 0.3) is 0 Å². The first-order chi connectivity index (χ1) is 5.25. The van der Waals surface area contributed by atoms with Gasteiger partial charge in [0.05, 0.1) is 18.4 Å². The average Bonchev–Trinajstić information content (AvgIpc) is 2.36. The Morgan fingerprint density at radius 2 is 2.45 bits per heavy atom. The van der Waals surface area contributed by atoms with Crippen molar-refractivity contribution < 1.29 is 14.3 Å². The first-order valence-corrected chi connectivity index (χ1v) is 3.29. The van der Waals surface area contributed by atoms with Crippen molar-refractivity contribution in [2.24, 2.45) is 0 Å². The summed E-state index contributed by atoms with van der Waals surface area (Å²) in [7, 11) is 0. The number of carbonyl (C=O) groups is 1. The highest BCUT2D eigenvalue weighted by atomic mass is 16.3. The Balaban J connectivity index is 2.87. The standard InChI is InChI=1S/C8H9O3/c1-6(10)7-3-5-11-8(7)2-4-9/h3,5,9H,1-2,4H2. The number of Topliss-reactive ketones (excluding diaryl/α,β-unsaturated/α-hetero) is 1. The number of hydrogen-bond acceptors (Lipinski definition) is 3. The zero-order valence-electron chi connectivity index (χ0n) is 6.04.